The molecule has 0 bridgehead atoms. The molecule has 5 nitrogen and oxygen atoms in total. The number of hydrogen-bond donors (Lipinski definition) is 2. The molecule has 0 amide bonds. The number of anilines is 1. The van der Waals surface area contributed by atoms with Crippen molar-refractivity contribution >= 4 is 5.69 Å². The third-order valence-corrected chi connectivity index (χ3v) is 3.82. The van der Waals surface area contributed by atoms with E-state index in [1.165, 1.54) is 0 Å². The molecule has 1 aliphatic carbocycles. The van der Waals surface area contributed by atoms with Crippen molar-refractivity contribution in [3.8, 4) is 11.5 Å². The van der Waals surface area contributed by atoms with Crippen LogP contribution in [0.3, 0.4) is 0 Å². The van der Waals surface area contributed by atoms with Crippen LogP contribution in [-0.2, 0) is 0 Å². The molecule has 0 radical (unpaired) electrons. The molecule has 1 aromatic carbocycles. The molecule has 0 saturated heterocycles. The molecule has 0 atom stereocenters. The van der Waals surface area contributed by atoms with Gasteiger partial charge in [0.25, 0.3) is 5.89 Å². The quantitative estimate of drug-likeness (QED) is 0.898. The minimum absolute atomic E-state index is 0.363. The van der Waals surface area contributed by atoms with E-state index >= 15 is 0 Å². The van der Waals surface area contributed by atoms with Crippen LogP contribution in [-0.4, -0.2) is 22.2 Å². The minimum Gasteiger partial charge on any atom is -0.382 e. The predicted molar refractivity (Wildman–Crippen MR) is 78.3 cm³/mol. The Kier molecular flexibility index (Phi) is 3.69. The summed E-state index contributed by atoms with van der Waals surface area (Å²) in [6, 6.07) is 8.90. The van der Waals surface area contributed by atoms with E-state index in [0.29, 0.717) is 23.8 Å². The number of aryl methyl sites for hydroxylation is 1. The highest BCUT2D eigenvalue weighted by molar-refractivity contribution is 5.72. The summed E-state index contributed by atoms with van der Waals surface area (Å²) < 4.78 is 5.28. The van der Waals surface area contributed by atoms with Crippen LogP contribution in [0.2, 0.25) is 0 Å². The maximum Gasteiger partial charge on any atom is 0.260 e. The van der Waals surface area contributed by atoms with Gasteiger partial charge in [0.15, 0.2) is 5.82 Å². The van der Waals surface area contributed by atoms with Crippen molar-refractivity contribution in [3.63, 3.8) is 0 Å². The molecule has 1 aliphatic rings. The monoisotopic (exact) mass is 272 g/mol. The lowest BCUT2D eigenvalue weighted by molar-refractivity contribution is 0.410. The normalized spacial score (nSPS) is 22.7. The zero-order valence-corrected chi connectivity index (χ0v) is 11.7. The van der Waals surface area contributed by atoms with Crippen molar-refractivity contribution in [2.75, 3.05) is 5.32 Å². The number of rotatable bonds is 3. The molecule has 1 fully saturated rings. The third-order valence-electron chi connectivity index (χ3n) is 3.82. The van der Waals surface area contributed by atoms with Gasteiger partial charge in [-0.2, -0.15) is 4.98 Å². The minimum atomic E-state index is 0.363. The lowest BCUT2D eigenvalue weighted by Gasteiger charge is -2.28. The van der Waals surface area contributed by atoms with Crippen LogP contribution in [0.25, 0.3) is 11.5 Å². The van der Waals surface area contributed by atoms with Gasteiger partial charge >= 0.3 is 0 Å². The molecule has 1 aromatic heterocycles. The number of nitrogens with one attached hydrogen (secondary N) is 1. The van der Waals surface area contributed by atoms with E-state index in [1.807, 2.05) is 25.1 Å². The molecule has 106 valence electrons. The summed E-state index contributed by atoms with van der Waals surface area (Å²) in [5.41, 5.74) is 7.97. The fraction of sp³-hybridized carbons (Fsp3) is 0.467. The summed E-state index contributed by atoms with van der Waals surface area (Å²) in [4.78, 5) is 4.31. The van der Waals surface area contributed by atoms with E-state index < -0.39 is 0 Å². The fourth-order valence-corrected chi connectivity index (χ4v) is 2.69. The predicted octanol–water partition coefficient (Wildman–Crippen LogP) is 2.73. The number of para-hydroxylation sites is 1. The zero-order chi connectivity index (χ0) is 13.9. The Hall–Kier alpha value is -1.88. The smallest absolute Gasteiger partial charge is 0.260 e. The van der Waals surface area contributed by atoms with Gasteiger partial charge in [0.2, 0.25) is 0 Å². The molecule has 20 heavy (non-hydrogen) atoms. The van der Waals surface area contributed by atoms with E-state index in [0.717, 1.165) is 36.9 Å². The van der Waals surface area contributed by atoms with Crippen molar-refractivity contribution in [2.45, 2.75) is 44.7 Å². The molecule has 3 rings (SSSR count). The first kappa shape index (κ1) is 13.1. The second-order valence-corrected chi connectivity index (χ2v) is 5.45. The highest BCUT2D eigenvalue weighted by Crippen LogP contribution is 2.29. The molecule has 0 spiro atoms. The van der Waals surface area contributed by atoms with Gasteiger partial charge in [-0.25, -0.2) is 0 Å². The van der Waals surface area contributed by atoms with Gasteiger partial charge in [-0.05, 0) is 44.7 Å². The molecule has 0 aliphatic heterocycles. The van der Waals surface area contributed by atoms with Crippen LogP contribution >= 0.6 is 0 Å². The average Bonchev–Trinajstić information content (AvgIpc) is 2.88. The SMILES string of the molecule is Cc1noc(-c2ccccc2NC2CCC(N)CC2)n1. The van der Waals surface area contributed by atoms with E-state index in [1.54, 1.807) is 0 Å². The van der Waals surface area contributed by atoms with E-state index in [-0.39, 0.29) is 0 Å². The van der Waals surface area contributed by atoms with Gasteiger partial charge in [-0.1, -0.05) is 17.3 Å². The van der Waals surface area contributed by atoms with Crippen LogP contribution in [0.5, 0.6) is 0 Å². The van der Waals surface area contributed by atoms with Crippen LogP contribution in [0.4, 0.5) is 5.69 Å². The fourth-order valence-electron chi connectivity index (χ4n) is 2.69. The van der Waals surface area contributed by atoms with Gasteiger partial charge in [0.05, 0.1) is 5.56 Å². The summed E-state index contributed by atoms with van der Waals surface area (Å²) in [5, 5.41) is 7.45. The Labute approximate surface area is 118 Å². The molecule has 0 unspecified atom stereocenters. The second kappa shape index (κ2) is 5.63. The van der Waals surface area contributed by atoms with Crippen LogP contribution in [0.1, 0.15) is 31.5 Å². The molecular formula is C15H20N4O. The van der Waals surface area contributed by atoms with Crippen LogP contribution in [0.15, 0.2) is 28.8 Å². The maximum absolute atomic E-state index is 5.95. The first-order valence-electron chi connectivity index (χ1n) is 7.14. The Morgan fingerprint density at radius 3 is 2.65 bits per heavy atom. The number of nitrogens with two attached hydrogens (primary N) is 1. The van der Waals surface area contributed by atoms with Gasteiger partial charge in [-0.3, -0.25) is 0 Å². The number of benzene rings is 1. The van der Waals surface area contributed by atoms with Crippen LogP contribution < -0.4 is 11.1 Å². The van der Waals surface area contributed by atoms with Crippen molar-refractivity contribution in [1.29, 1.82) is 0 Å². The summed E-state index contributed by atoms with van der Waals surface area (Å²) in [5.74, 6) is 1.22. The maximum atomic E-state index is 5.95. The second-order valence-electron chi connectivity index (χ2n) is 5.45. The van der Waals surface area contributed by atoms with Gasteiger partial charge < -0.3 is 15.6 Å². The van der Waals surface area contributed by atoms with Crippen molar-refractivity contribution in [3.05, 3.63) is 30.1 Å². The van der Waals surface area contributed by atoms with Crippen LogP contribution in [0, 0.1) is 6.92 Å². The lowest BCUT2D eigenvalue weighted by Crippen LogP contribution is -2.32. The largest absolute Gasteiger partial charge is 0.382 e. The third kappa shape index (κ3) is 2.82. The molecule has 1 saturated carbocycles. The average molecular weight is 272 g/mol. The number of aromatic nitrogens is 2. The molecule has 2 aromatic rings. The van der Waals surface area contributed by atoms with E-state index in [9.17, 15) is 0 Å². The Bertz CT molecular complexity index is 573. The summed E-state index contributed by atoms with van der Waals surface area (Å²) in [6.07, 6.45) is 4.38. The van der Waals surface area contributed by atoms with Gasteiger partial charge in [0, 0.05) is 17.8 Å². The molecule has 1 heterocycles. The first-order chi connectivity index (χ1) is 9.72. The Morgan fingerprint density at radius 1 is 1.20 bits per heavy atom. The summed E-state index contributed by atoms with van der Waals surface area (Å²) in [6.45, 7) is 1.82. The van der Waals surface area contributed by atoms with Crippen molar-refractivity contribution < 1.29 is 4.52 Å². The topological polar surface area (TPSA) is 77.0 Å². The Morgan fingerprint density at radius 2 is 1.95 bits per heavy atom. The highest BCUT2D eigenvalue weighted by Gasteiger charge is 2.20. The highest BCUT2D eigenvalue weighted by atomic mass is 16.5. The Balaban J connectivity index is 1.80. The zero-order valence-electron chi connectivity index (χ0n) is 11.7. The first-order valence-corrected chi connectivity index (χ1v) is 7.14. The van der Waals surface area contributed by atoms with Crippen molar-refractivity contribution in [1.82, 2.24) is 10.1 Å². The van der Waals surface area contributed by atoms with E-state index in [2.05, 4.69) is 21.5 Å². The van der Waals surface area contributed by atoms with Gasteiger partial charge in [0.1, 0.15) is 0 Å². The molecular weight excluding hydrogens is 252 g/mol. The molecule has 5 heteroatoms. The molecule has 3 N–H and O–H groups in total. The standard InChI is InChI=1S/C15H20N4O/c1-10-17-15(20-19-10)13-4-2-3-5-14(13)18-12-8-6-11(16)7-9-12/h2-5,11-12,18H,6-9,16H2,1H3. The summed E-state index contributed by atoms with van der Waals surface area (Å²) in [7, 11) is 0. The van der Waals surface area contributed by atoms with Crippen molar-refractivity contribution in [2.24, 2.45) is 5.73 Å². The number of hydrogen-bond acceptors (Lipinski definition) is 5. The lowest BCUT2D eigenvalue weighted by atomic mass is 9.91. The summed E-state index contributed by atoms with van der Waals surface area (Å²) >= 11 is 0. The van der Waals surface area contributed by atoms with E-state index in [4.69, 9.17) is 10.3 Å². The number of nitrogens with zero attached hydrogens (tertiary/aromatic N) is 2. The van der Waals surface area contributed by atoms with Gasteiger partial charge in [-0.15, -0.1) is 0 Å².